The predicted octanol–water partition coefficient (Wildman–Crippen LogP) is 2.50. The number of hydrogen-bond donors (Lipinski definition) is 1. The molecule has 0 radical (unpaired) electrons. The number of hydrogen-bond acceptors (Lipinski definition) is 2. The van der Waals surface area contributed by atoms with Crippen molar-refractivity contribution in [1.82, 2.24) is 10.2 Å². The minimum atomic E-state index is 0.0629. The van der Waals surface area contributed by atoms with Crippen LogP contribution in [0.4, 0.5) is 0 Å². The van der Waals surface area contributed by atoms with Crippen LogP contribution >= 0.6 is 0 Å². The van der Waals surface area contributed by atoms with Crippen LogP contribution in [0.1, 0.15) is 47.5 Å². The lowest BCUT2D eigenvalue weighted by Crippen LogP contribution is -2.58. The molecule has 2 nitrogen and oxygen atoms in total. The molecule has 0 saturated heterocycles. The fourth-order valence-corrected chi connectivity index (χ4v) is 2.30. The Labute approximate surface area is 102 Å². The quantitative estimate of drug-likeness (QED) is 0.637. The van der Waals surface area contributed by atoms with Crippen molar-refractivity contribution in [2.45, 2.75) is 59.0 Å². The van der Waals surface area contributed by atoms with Crippen molar-refractivity contribution < 1.29 is 0 Å². The molecule has 0 rings (SSSR count). The molecule has 2 atom stereocenters. The van der Waals surface area contributed by atoms with E-state index in [1.54, 1.807) is 0 Å². The molecule has 0 aromatic heterocycles. The lowest BCUT2D eigenvalue weighted by Gasteiger charge is -2.44. The monoisotopic (exact) mass is 224 g/mol. The summed E-state index contributed by atoms with van der Waals surface area (Å²) in [4.78, 5) is 2.46. The number of terminal acetylenes is 1. The van der Waals surface area contributed by atoms with Gasteiger partial charge in [-0.3, -0.25) is 4.90 Å². The van der Waals surface area contributed by atoms with Gasteiger partial charge in [0.2, 0.25) is 0 Å². The first-order valence-corrected chi connectivity index (χ1v) is 6.55. The first kappa shape index (κ1) is 15.5. The predicted molar refractivity (Wildman–Crippen MR) is 72.5 cm³/mol. The van der Waals surface area contributed by atoms with Crippen molar-refractivity contribution in [2.75, 3.05) is 19.6 Å². The summed E-state index contributed by atoms with van der Waals surface area (Å²) in [5.74, 6) is 2.92. The standard InChI is InChI=1S/C14H28N2/c1-7-12-15-13(8-2)14(6,9-3)16(10-4)11-5/h2,13,15H,7,9-12H2,1,3-6H3. The van der Waals surface area contributed by atoms with Crippen LogP contribution in [-0.2, 0) is 0 Å². The van der Waals surface area contributed by atoms with E-state index in [1.807, 2.05) is 0 Å². The zero-order chi connectivity index (χ0) is 12.6. The van der Waals surface area contributed by atoms with Gasteiger partial charge in [-0.1, -0.05) is 33.6 Å². The zero-order valence-electron chi connectivity index (χ0n) is 11.6. The number of nitrogens with one attached hydrogen (secondary N) is 1. The van der Waals surface area contributed by atoms with Crippen LogP contribution in [0.15, 0.2) is 0 Å². The van der Waals surface area contributed by atoms with E-state index >= 15 is 0 Å². The molecule has 1 N–H and O–H groups in total. The van der Waals surface area contributed by atoms with Gasteiger partial charge < -0.3 is 5.32 Å². The molecule has 94 valence electrons. The van der Waals surface area contributed by atoms with Gasteiger partial charge in [-0.15, -0.1) is 6.42 Å². The molecule has 0 aliphatic carbocycles. The molecule has 0 heterocycles. The van der Waals surface area contributed by atoms with E-state index in [9.17, 15) is 0 Å². The second-order valence-corrected chi connectivity index (χ2v) is 4.44. The Morgan fingerprint density at radius 2 is 1.81 bits per heavy atom. The smallest absolute Gasteiger partial charge is 0.0870 e. The first-order chi connectivity index (χ1) is 7.60. The lowest BCUT2D eigenvalue weighted by atomic mass is 9.87. The van der Waals surface area contributed by atoms with Gasteiger partial charge in [0.15, 0.2) is 0 Å². The summed E-state index contributed by atoms with van der Waals surface area (Å²) < 4.78 is 0. The highest BCUT2D eigenvalue weighted by Gasteiger charge is 2.35. The molecule has 2 heteroatoms. The third-order valence-corrected chi connectivity index (χ3v) is 3.59. The maximum atomic E-state index is 5.68. The fourth-order valence-electron chi connectivity index (χ4n) is 2.30. The molecule has 16 heavy (non-hydrogen) atoms. The van der Waals surface area contributed by atoms with Crippen molar-refractivity contribution in [3.05, 3.63) is 0 Å². The Balaban J connectivity index is 4.81. The Morgan fingerprint density at radius 3 is 2.12 bits per heavy atom. The Hall–Kier alpha value is -0.520. The fraction of sp³-hybridized carbons (Fsp3) is 0.857. The van der Waals surface area contributed by atoms with Crippen LogP contribution in [0.5, 0.6) is 0 Å². The lowest BCUT2D eigenvalue weighted by molar-refractivity contribution is 0.0895. The van der Waals surface area contributed by atoms with E-state index < -0.39 is 0 Å². The number of nitrogens with zero attached hydrogens (tertiary/aromatic N) is 1. The van der Waals surface area contributed by atoms with Crippen LogP contribution in [0.25, 0.3) is 0 Å². The van der Waals surface area contributed by atoms with E-state index in [2.05, 4.69) is 50.8 Å². The average molecular weight is 224 g/mol. The van der Waals surface area contributed by atoms with Crippen LogP contribution < -0.4 is 5.32 Å². The molecule has 0 saturated carbocycles. The SMILES string of the molecule is C#CC(NCCC)C(C)(CC)N(CC)CC. The van der Waals surface area contributed by atoms with Gasteiger partial charge in [0.25, 0.3) is 0 Å². The molecular formula is C14H28N2. The molecule has 0 aromatic carbocycles. The Kier molecular flexibility index (Phi) is 7.45. The van der Waals surface area contributed by atoms with Gasteiger partial charge in [-0.25, -0.2) is 0 Å². The van der Waals surface area contributed by atoms with E-state index in [-0.39, 0.29) is 11.6 Å². The van der Waals surface area contributed by atoms with Crippen molar-refractivity contribution in [3.8, 4) is 12.3 Å². The van der Waals surface area contributed by atoms with Crippen molar-refractivity contribution in [1.29, 1.82) is 0 Å². The van der Waals surface area contributed by atoms with Gasteiger partial charge in [0.05, 0.1) is 6.04 Å². The minimum absolute atomic E-state index is 0.0629. The molecular weight excluding hydrogens is 196 g/mol. The first-order valence-electron chi connectivity index (χ1n) is 6.55. The van der Waals surface area contributed by atoms with E-state index in [0.717, 1.165) is 32.5 Å². The largest absolute Gasteiger partial charge is 0.302 e. The summed E-state index contributed by atoms with van der Waals surface area (Å²) in [7, 11) is 0. The molecule has 0 bridgehead atoms. The highest BCUT2D eigenvalue weighted by molar-refractivity contribution is 5.12. The minimum Gasteiger partial charge on any atom is -0.302 e. The van der Waals surface area contributed by atoms with E-state index in [4.69, 9.17) is 6.42 Å². The number of rotatable bonds is 8. The maximum Gasteiger partial charge on any atom is 0.0870 e. The average Bonchev–Trinajstić information content (AvgIpc) is 2.31. The van der Waals surface area contributed by atoms with E-state index in [0.29, 0.717) is 0 Å². The second kappa shape index (κ2) is 7.70. The molecule has 0 fully saturated rings. The van der Waals surface area contributed by atoms with Gasteiger partial charge in [0, 0.05) is 5.54 Å². The van der Waals surface area contributed by atoms with Crippen LogP contribution in [0.3, 0.4) is 0 Å². The van der Waals surface area contributed by atoms with E-state index in [1.165, 1.54) is 0 Å². The third kappa shape index (κ3) is 3.50. The molecule has 0 aliphatic heterocycles. The normalized spacial score (nSPS) is 16.8. The highest BCUT2D eigenvalue weighted by Crippen LogP contribution is 2.23. The van der Waals surface area contributed by atoms with Gasteiger partial charge in [-0.05, 0) is 39.4 Å². The third-order valence-electron chi connectivity index (χ3n) is 3.59. The molecule has 0 aliphatic rings. The molecule has 2 unspecified atom stereocenters. The zero-order valence-corrected chi connectivity index (χ0v) is 11.6. The summed E-state index contributed by atoms with van der Waals surface area (Å²) in [6.45, 7) is 14.1. The van der Waals surface area contributed by atoms with Crippen LogP contribution in [0.2, 0.25) is 0 Å². The second-order valence-electron chi connectivity index (χ2n) is 4.44. The molecule has 0 spiro atoms. The highest BCUT2D eigenvalue weighted by atomic mass is 15.2. The van der Waals surface area contributed by atoms with Gasteiger partial charge >= 0.3 is 0 Å². The van der Waals surface area contributed by atoms with Gasteiger partial charge in [-0.2, -0.15) is 0 Å². The topological polar surface area (TPSA) is 15.3 Å². The van der Waals surface area contributed by atoms with Crippen molar-refractivity contribution >= 4 is 0 Å². The molecule has 0 amide bonds. The van der Waals surface area contributed by atoms with Crippen molar-refractivity contribution in [2.24, 2.45) is 0 Å². The summed E-state index contributed by atoms with van der Waals surface area (Å²) in [6, 6.07) is 0.136. The summed E-state index contributed by atoms with van der Waals surface area (Å²) in [5.41, 5.74) is 0.0629. The van der Waals surface area contributed by atoms with Crippen LogP contribution in [-0.4, -0.2) is 36.1 Å². The summed E-state index contributed by atoms with van der Waals surface area (Å²) in [6.07, 6.45) is 7.87. The van der Waals surface area contributed by atoms with Gasteiger partial charge in [0.1, 0.15) is 0 Å². The van der Waals surface area contributed by atoms with Crippen molar-refractivity contribution in [3.63, 3.8) is 0 Å². The molecule has 0 aromatic rings. The Morgan fingerprint density at radius 1 is 1.25 bits per heavy atom. The Bertz CT molecular complexity index is 215. The maximum absolute atomic E-state index is 5.68. The summed E-state index contributed by atoms with van der Waals surface area (Å²) >= 11 is 0. The summed E-state index contributed by atoms with van der Waals surface area (Å²) in [5, 5.41) is 3.48. The number of likely N-dealkylation sites (N-methyl/N-ethyl adjacent to an activating group) is 1. The van der Waals surface area contributed by atoms with Crippen LogP contribution in [0, 0.1) is 12.3 Å².